The normalized spacial score (nSPS) is 21.8. The largest absolute Gasteiger partial charge is 0.487 e. The van der Waals surface area contributed by atoms with Gasteiger partial charge in [-0.2, -0.15) is 0 Å². The third kappa shape index (κ3) is 2.52. The first-order chi connectivity index (χ1) is 9.05. The number of piperidine rings is 1. The van der Waals surface area contributed by atoms with Gasteiger partial charge in [0.2, 0.25) is 0 Å². The Labute approximate surface area is 114 Å². The molecule has 0 unspecified atom stereocenters. The number of carbonyl (C=O) groups excluding carboxylic acids is 1. The van der Waals surface area contributed by atoms with E-state index in [0.717, 1.165) is 43.7 Å². The summed E-state index contributed by atoms with van der Waals surface area (Å²) in [7, 11) is 0. The topological polar surface area (TPSA) is 38.3 Å². The van der Waals surface area contributed by atoms with E-state index < -0.39 is 0 Å². The molecule has 0 radical (unpaired) electrons. The third-order valence-corrected chi connectivity index (χ3v) is 4.06. The van der Waals surface area contributed by atoms with Gasteiger partial charge in [0, 0.05) is 17.9 Å². The van der Waals surface area contributed by atoms with Gasteiger partial charge in [-0.25, -0.2) is 0 Å². The fourth-order valence-electron chi connectivity index (χ4n) is 3.08. The van der Waals surface area contributed by atoms with Crippen molar-refractivity contribution in [1.82, 2.24) is 5.32 Å². The van der Waals surface area contributed by atoms with Crippen LogP contribution in [0.4, 0.5) is 0 Å². The van der Waals surface area contributed by atoms with Crippen molar-refractivity contribution in [1.29, 1.82) is 0 Å². The van der Waals surface area contributed by atoms with Crippen molar-refractivity contribution in [2.75, 3.05) is 13.1 Å². The van der Waals surface area contributed by atoms with E-state index in [-0.39, 0.29) is 11.5 Å². The van der Waals surface area contributed by atoms with Gasteiger partial charge in [0.25, 0.3) is 0 Å². The minimum Gasteiger partial charge on any atom is -0.487 e. The smallest absolute Gasteiger partial charge is 0.166 e. The van der Waals surface area contributed by atoms with Gasteiger partial charge in [0.05, 0.1) is 0 Å². The van der Waals surface area contributed by atoms with E-state index in [0.29, 0.717) is 5.78 Å². The summed E-state index contributed by atoms with van der Waals surface area (Å²) in [5.41, 5.74) is 1.88. The van der Waals surface area contributed by atoms with E-state index in [1.165, 1.54) is 5.56 Å². The lowest BCUT2D eigenvalue weighted by atomic mass is 9.88. The SMILES string of the molecule is CC1(C)Cc2cc(C(=O)C3CCNCC3)ccc2O1. The highest BCUT2D eigenvalue weighted by Crippen LogP contribution is 2.35. The van der Waals surface area contributed by atoms with Crippen molar-refractivity contribution in [3.05, 3.63) is 29.3 Å². The van der Waals surface area contributed by atoms with Gasteiger partial charge < -0.3 is 10.1 Å². The molecule has 2 heterocycles. The fourth-order valence-corrected chi connectivity index (χ4v) is 3.08. The summed E-state index contributed by atoms with van der Waals surface area (Å²) in [5.74, 6) is 1.43. The minimum absolute atomic E-state index is 0.140. The summed E-state index contributed by atoms with van der Waals surface area (Å²) in [4.78, 5) is 12.5. The molecule has 1 N–H and O–H groups in total. The predicted octanol–water partition coefficient (Wildman–Crippen LogP) is 2.58. The first-order valence-corrected chi connectivity index (χ1v) is 7.12. The van der Waals surface area contributed by atoms with E-state index in [4.69, 9.17) is 4.74 Å². The molecule has 1 fully saturated rings. The third-order valence-electron chi connectivity index (χ3n) is 4.06. The molecule has 19 heavy (non-hydrogen) atoms. The molecule has 2 aliphatic heterocycles. The summed E-state index contributed by atoms with van der Waals surface area (Å²) in [6.07, 6.45) is 2.80. The van der Waals surface area contributed by atoms with Crippen LogP contribution in [0.2, 0.25) is 0 Å². The summed E-state index contributed by atoms with van der Waals surface area (Å²) in [6, 6.07) is 5.91. The zero-order valence-corrected chi connectivity index (χ0v) is 11.7. The molecule has 0 saturated carbocycles. The number of nitrogens with one attached hydrogen (secondary N) is 1. The number of ether oxygens (including phenoxy) is 1. The molecule has 0 aromatic heterocycles. The molecular formula is C16H21NO2. The Morgan fingerprint density at radius 1 is 1.32 bits per heavy atom. The molecular weight excluding hydrogens is 238 g/mol. The van der Waals surface area contributed by atoms with Crippen molar-refractivity contribution in [3.8, 4) is 5.75 Å². The van der Waals surface area contributed by atoms with Gasteiger partial charge in [-0.15, -0.1) is 0 Å². The van der Waals surface area contributed by atoms with Crippen LogP contribution >= 0.6 is 0 Å². The molecule has 0 aliphatic carbocycles. The molecule has 3 nitrogen and oxygen atoms in total. The number of rotatable bonds is 2. The standard InChI is InChI=1S/C16H21NO2/c1-16(2)10-13-9-12(3-4-14(13)19-16)15(18)11-5-7-17-8-6-11/h3-4,9,11,17H,5-8,10H2,1-2H3. The van der Waals surface area contributed by atoms with E-state index in [2.05, 4.69) is 19.2 Å². The summed E-state index contributed by atoms with van der Waals surface area (Å²) in [5, 5.41) is 3.30. The molecule has 3 rings (SSSR count). The highest BCUT2D eigenvalue weighted by Gasteiger charge is 2.31. The molecule has 1 aromatic rings. The number of benzene rings is 1. The van der Waals surface area contributed by atoms with Crippen molar-refractivity contribution in [3.63, 3.8) is 0 Å². The monoisotopic (exact) mass is 259 g/mol. The highest BCUT2D eigenvalue weighted by atomic mass is 16.5. The zero-order valence-electron chi connectivity index (χ0n) is 11.7. The summed E-state index contributed by atoms with van der Waals surface area (Å²) >= 11 is 0. The second kappa shape index (κ2) is 4.64. The van der Waals surface area contributed by atoms with Crippen molar-refractivity contribution in [2.45, 2.75) is 38.7 Å². The van der Waals surface area contributed by atoms with Crippen LogP contribution < -0.4 is 10.1 Å². The van der Waals surface area contributed by atoms with Crippen LogP contribution in [0.15, 0.2) is 18.2 Å². The maximum absolute atomic E-state index is 12.5. The number of Topliss-reactive ketones (excluding diaryl/α,β-unsaturated/α-hetero) is 1. The van der Waals surface area contributed by atoms with Gasteiger partial charge in [0.1, 0.15) is 11.4 Å². The minimum atomic E-state index is -0.140. The van der Waals surface area contributed by atoms with Crippen LogP contribution in [0.3, 0.4) is 0 Å². The first kappa shape index (κ1) is 12.7. The van der Waals surface area contributed by atoms with Gasteiger partial charge in [-0.1, -0.05) is 0 Å². The zero-order chi connectivity index (χ0) is 13.5. The van der Waals surface area contributed by atoms with Crippen molar-refractivity contribution in [2.24, 2.45) is 5.92 Å². The number of hydrogen-bond acceptors (Lipinski definition) is 3. The van der Waals surface area contributed by atoms with Gasteiger partial charge >= 0.3 is 0 Å². The van der Waals surface area contributed by atoms with Crippen LogP contribution in [-0.2, 0) is 6.42 Å². The summed E-state index contributed by atoms with van der Waals surface area (Å²) < 4.78 is 5.85. The van der Waals surface area contributed by atoms with Crippen LogP contribution in [0.5, 0.6) is 5.75 Å². The molecule has 1 saturated heterocycles. The molecule has 0 spiro atoms. The van der Waals surface area contributed by atoms with Gasteiger partial charge in [-0.3, -0.25) is 4.79 Å². The fraction of sp³-hybridized carbons (Fsp3) is 0.562. The maximum atomic E-state index is 12.5. The van der Waals surface area contributed by atoms with Crippen LogP contribution in [-0.4, -0.2) is 24.5 Å². The Hall–Kier alpha value is -1.35. The van der Waals surface area contributed by atoms with E-state index in [1.54, 1.807) is 0 Å². The van der Waals surface area contributed by atoms with Crippen LogP contribution in [0.25, 0.3) is 0 Å². The number of carbonyl (C=O) groups is 1. The molecule has 2 aliphatic rings. The lowest BCUT2D eigenvalue weighted by Gasteiger charge is -2.21. The predicted molar refractivity (Wildman–Crippen MR) is 74.8 cm³/mol. The van der Waals surface area contributed by atoms with Crippen molar-refractivity contribution < 1.29 is 9.53 Å². The van der Waals surface area contributed by atoms with E-state index in [1.807, 2.05) is 18.2 Å². The Kier molecular flexibility index (Phi) is 3.09. The Morgan fingerprint density at radius 2 is 2.05 bits per heavy atom. The van der Waals surface area contributed by atoms with Crippen LogP contribution in [0.1, 0.15) is 42.6 Å². The second-order valence-corrected chi connectivity index (χ2v) is 6.25. The molecule has 1 aromatic carbocycles. The lowest BCUT2D eigenvalue weighted by Crippen LogP contribution is -2.31. The summed E-state index contributed by atoms with van der Waals surface area (Å²) in [6.45, 7) is 6.08. The lowest BCUT2D eigenvalue weighted by molar-refractivity contribution is 0.0895. The number of fused-ring (bicyclic) bond motifs is 1. The Bertz CT molecular complexity index is 501. The Morgan fingerprint density at radius 3 is 2.79 bits per heavy atom. The molecule has 102 valence electrons. The Balaban J connectivity index is 1.81. The van der Waals surface area contributed by atoms with E-state index in [9.17, 15) is 4.79 Å². The highest BCUT2D eigenvalue weighted by molar-refractivity contribution is 5.98. The van der Waals surface area contributed by atoms with Crippen LogP contribution in [0, 0.1) is 5.92 Å². The molecule has 0 amide bonds. The molecule has 0 bridgehead atoms. The molecule has 3 heteroatoms. The first-order valence-electron chi connectivity index (χ1n) is 7.12. The van der Waals surface area contributed by atoms with E-state index >= 15 is 0 Å². The van der Waals surface area contributed by atoms with Crippen molar-refractivity contribution >= 4 is 5.78 Å². The van der Waals surface area contributed by atoms with Gasteiger partial charge in [0.15, 0.2) is 5.78 Å². The average molecular weight is 259 g/mol. The molecule has 0 atom stereocenters. The number of hydrogen-bond donors (Lipinski definition) is 1. The quantitative estimate of drug-likeness (QED) is 0.830. The second-order valence-electron chi connectivity index (χ2n) is 6.25. The van der Waals surface area contributed by atoms with Gasteiger partial charge in [-0.05, 0) is 63.5 Å². The maximum Gasteiger partial charge on any atom is 0.166 e. The number of ketones is 1. The average Bonchev–Trinajstić information content (AvgIpc) is 2.71.